The summed E-state index contributed by atoms with van der Waals surface area (Å²) < 4.78 is 26.2. The van der Waals surface area contributed by atoms with Crippen LogP contribution >= 0.6 is 0 Å². The minimum absolute atomic E-state index is 0.176. The van der Waals surface area contributed by atoms with Crippen LogP contribution in [0.4, 0.5) is 20.2 Å². The smallest absolute Gasteiger partial charge is 0.270 e. The molecule has 1 aliphatic rings. The van der Waals surface area contributed by atoms with Crippen LogP contribution in [0.15, 0.2) is 18.2 Å². The number of nitro benzene ring substituents is 1. The molecule has 0 bridgehead atoms. The van der Waals surface area contributed by atoms with Crippen LogP contribution in [0.5, 0.6) is 0 Å². The molecule has 1 aliphatic heterocycles. The first-order valence-electron chi connectivity index (χ1n) is 6.29. The van der Waals surface area contributed by atoms with Crippen LogP contribution in [0, 0.1) is 16.0 Å². The van der Waals surface area contributed by atoms with Gasteiger partial charge in [0.15, 0.2) is 0 Å². The summed E-state index contributed by atoms with van der Waals surface area (Å²) in [5, 5.41) is 10.7. The summed E-state index contributed by atoms with van der Waals surface area (Å²) in [6.07, 6.45) is -0.471. The molecule has 1 atom stereocenters. The summed E-state index contributed by atoms with van der Waals surface area (Å²) in [4.78, 5) is 22.5. The van der Waals surface area contributed by atoms with Crippen molar-refractivity contribution in [2.45, 2.75) is 19.3 Å². The molecule has 0 amide bonds. The van der Waals surface area contributed by atoms with Crippen molar-refractivity contribution >= 4 is 17.7 Å². The van der Waals surface area contributed by atoms with Gasteiger partial charge in [0, 0.05) is 42.4 Å². The Morgan fingerprint density at radius 3 is 2.80 bits per heavy atom. The lowest BCUT2D eigenvalue weighted by Crippen LogP contribution is -2.36. The Hall–Kier alpha value is -2.05. The molecular formula is C13H14F2N2O3. The second-order valence-electron chi connectivity index (χ2n) is 4.79. The van der Waals surface area contributed by atoms with Gasteiger partial charge in [0.2, 0.25) is 0 Å². The summed E-state index contributed by atoms with van der Waals surface area (Å²) in [6.45, 7) is 0.947. The number of hydrogen-bond acceptors (Lipinski definition) is 4. The molecule has 1 aromatic carbocycles. The molecule has 20 heavy (non-hydrogen) atoms. The van der Waals surface area contributed by atoms with E-state index in [0.717, 1.165) is 25.2 Å². The third-order valence-corrected chi connectivity index (χ3v) is 3.45. The molecule has 5 nitrogen and oxygen atoms in total. The number of benzene rings is 1. The van der Waals surface area contributed by atoms with E-state index in [1.165, 1.54) is 12.1 Å². The predicted octanol–water partition coefficient (Wildman–Crippen LogP) is 2.95. The van der Waals surface area contributed by atoms with E-state index in [9.17, 15) is 23.7 Å². The molecule has 1 fully saturated rings. The van der Waals surface area contributed by atoms with E-state index < -0.39 is 11.3 Å². The van der Waals surface area contributed by atoms with Gasteiger partial charge in [-0.25, -0.2) is 8.78 Å². The average molecular weight is 284 g/mol. The highest BCUT2D eigenvalue weighted by molar-refractivity contribution is 5.61. The highest BCUT2D eigenvalue weighted by Crippen LogP contribution is 2.34. The summed E-state index contributed by atoms with van der Waals surface area (Å²) in [7, 11) is 0. The van der Waals surface area contributed by atoms with Crippen LogP contribution < -0.4 is 4.90 Å². The standard InChI is InChI=1S/C13H14F2N2O3/c14-13(15)11-6-10(17(19)20)3-4-12(11)16-5-1-2-9(7-16)8-18/h3-4,6,8-9,13H,1-2,5,7H2. The number of rotatable bonds is 4. The molecule has 1 aromatic rings. The number of carbonyl (C=O) groups is 1. The summed E-state index contributed by atoms with van der Waals surface area (Å²) in [6, 6.07) is 3.46. The largest absolute Gasteiger partial charge is 0.370 e. The third-order valence-electron chi connectivity index (χ3n) is 3.45. The Balaban J connectivity index is 2.35. The maximum Gasteiger partial charge on any atom is 0.270 e. The number of carbonyl (C=O) groups excluding carboxylic acids is 1. The number of non-ortho nitro benzene ring substituents is 1. The van der Waals surface area contributed by atoms with E-state index >= 15 is 0 Å². The van der Waals surface area contributed by atoms with E-state index in [-0.39, 0.29) is 22.9 Å². The van der Waals surface area contributed by atoms with Gasteiger partial charge in [-0.2, -0.15) is 0 Å². The van der Waals surface area contributed by atoms with Gasteiger partial charge in [-0.15, -0.1) is 0 Å². The van der Waals surface area contributed by atoms with E-state index in [0.29, 0.717) is 13.1 Å². The number of anilines is 1. The highest BCUT2D eigenvalue weighted by Gasteiger charge is 2.25. The SMILES string of the molecule is O=CC1CCCN(c2ccc([N+](=O)[O-])cc2C(F)F)C1. The number of hydrogen-bond donors (Lipinski definition) is 0. The molecule has 0 spiro atoms. The van der Waals surface area contributed by atoms with Crippen LogP contribution in [0.3, 0.4) is 0 Å². The topological polar surface area (TPSA) is 63.5 Å². The van der Waals surface area contributed by atoms with E-state index in [4.69, 9.17) is 0 Å². The zero-order valence-corrected chi connectivity index (χ0v) is 10.7. The van der Waals surface area contributed by atoms with Gasteiger partial charge in [0.25, 0.3) is 12.1 Å². The second kappa shape index (κ2) is 5.94. The third kappa shape index (κ3) is 2.92. The van der Waals surface area contributed by atoms with Gasteiger partial charge >= 0.3 is 0 Å². The lowest BCUT2D eigenvalue weighted by atomic mass is 9.98. The number of aldehydes is 1. The Kier molecular flexibility index (Phi) is 4.26. The maximum absolute atomic E-state index is 13.1. The average Bonchev–Trinajstić information content (AvgIpc) is 2.46. The molecule has 0 aliphatic carbocycles. The molecule has 108 valence electrons. The van der Waals surface area contributed by atoms with Crippen molar-refractivity contribution in [3.05, 3.63) is 33.9 Å². The summed E-state index contributed by atoms with van der Waals surface area (Å²) >= 11 is 0. The van der Waals surface area contributed by atoms with Gasteiger partial charge in [0.1, 0.15) is 6.29 Å². The minimum Gasteiger partial charge on any atom is -0.370 e. The fraction of sp³-hybridized carbons (Fsp3) is 0.462. The first-order chi connectivity index (χ1) is 9.52. The van der Waals surface area contributed by atoms with E-state index in [1.54, 1.807) is 4.90 Å². The van der Waals surface area contributed by atoms with Crippen LogP contribution in [-0.2, 0) is 4.79 Å². The van der Waals surface area contributed by atoms with Gasteiger partial charge in [-0.1, -0.05) is 0 Å². The zero-order valence-electron chi connectivity index (χ0n) is 10.7. The summed E-state index contributed by atoms with van der Waals surface area (Å²) in [5.41, 5.74) is -0.434. The lowest BCUT2D eigenvalue weighted by Gasteiger charge is -2.33. The lowest BCUT2D eigenvalue weighted by molar-refractivity contribution is -0.385. The molecule has 1 saturated heterocycles. The fourth-order valence-corrected chi connectivity index (χ4v) is 2.46. The van der Waals surface area contributed by atoms with Crippen LogP contribution in [0.1, 0.15) is 24.8 Å². The number of halogens is 2. The maximum atomic E-state index is 13.1. The minimum atomic E-state index is -2.79. The van der Waals surface area contributed by atoms with E-state index in [1.807, 2.05) is 0 Å². The fourth-order valence-electron chi connectivity index (χ4n) is 2.46. The van der Waals surface area contributed by atoms with Crippen molar-refractivity contribution in [3.63, 3.8) is 0 Å². The van der Waals surface area contributed by atoms with Crippen molar-refractivity contribution in [2.24, 2.45) is 5.92 Å². The molecule has 1 unspecified atom stereocenters. The van der Waals surface area contributed by atoms with Crippen molar-refractivity contribution in [2.75, 3.05) is 18.0 Å². The number of nitro groups is 1. The number of alkyl halides is 2. The first kappa shape index (κ1) is 14.4. The van der Waals surface area contributed by atoms with Crippen molar-refractivity contribution in [1.29, 1.82) is 0 Å². The Morgan fingerprint density at radius 2 is 2.20 bits per heavy atom. The second-order valence-corrected chi connectivity index (χ2v) is 4.79. The predicted molar refractivity (Wildman–Crippen MR) is 69.1 cm³/mol. The summed E-state index contributed by atoms with van der Waals surface area (Å²) in [5.74, 6) is -0.176. The van der Waals surface area contributed by atoms with Gasteiger partial charge in [-0.05, 0) is 18.9 Å². The van der Waals surface area contributed by atoms with Crippen molar-refractivity contribution in [1.82, 2.24) is 0 Å². The first-order valence-corrected chi connectivity index (χ1v) is 6.29. The molecule has 0 aromatic heterocycles. The Morgan fingerprint density at radius 1 is 1.45 bits per heavy atom. The number of nitrogens with zero attached hydrogens (tertiary/aromatic N) is 2. The normalized spacial score (nSPS) is 19.1. The van der Waals surface area contributed by atoms with Crippen LogP contribution in [0.2, 0.25) is 0 Å². The molecule has 0 radical (unpaired) electrons. The van der Waals surface area contributed by atoms with Crippen LogP contribution in [0.25, 0.3) is 0 Å². The quantitative estimate of drug-likeness (QED) is 0.484. The zero-order chi connectivity index (χ0) is 14.7. The van der Waals surface area contributed by atoms with Gasteiger partial charge in [0.05, 0.1) is 4.92 Å². The number of piperidine rings is 1. The van der Waals surface area contributed by atoms with Gasteiger partial charge in [-0.3, -0.25) is 10.1 Å². The molecule has 0 N–H and O–H groups in total. The van der Waals surface area contributed by atoms with Gasteiger partial charge < -0.3 is 9.69 Å². The van der Waals surface area contributed by atoms with Crippen molar-refractivity contribution in [3.8, 4) is 0 Å². The molecule has 2 rings (SSSR count). The van der Waals surface area contributed by atoms with Crippen LogP contribution in [-0.4, -0.2) is 24.3 Å². The molecule has 1 heterocycles. The highest BCUT2D eigenvalue weighted by atomic mass is 19.3. The van der Waals surface area contributed by atoms with E-state index in [2.05, 4.69) is 0 Å². The molecule has 7 heteroatoms. The monoisotopic (exact) mass is 284 g/mol. The Bertz CT molecular complexity index is 522. The Labute approximate surface area is 114 Å². The molecular weight excluding hydrogens is 270 g/mol. The van der Waals surface area contributed by atoms with Crippen molar-refractivity contribution < 1.29 is 18.5 Å². The molecule has 0 saturated carbocycles.